The van der Waals surface area contributed by atoms with Gasteiger partial charge in [-0.05, 0) is 52.8 Å². The van der Waals surface area contributed by atoms with E-state index in [-0.39, 0.29) is 0 Å². The molecule has 0 atom stereocenters. The fourth-order valence-electron chi connectivity index (χ4n) is 4.74. The third-order valence-electron chi connectivity index (χ3n) is 5.93. The zero-order valence-corrected chi connectivity index (χ0v) is 14.9. The molecule has 6 aromatic rings. The van der Waals surface area contributed by atoms with E-state index < -0.39 is 0 Å². The van der Waals surface area contributed by atoms with Crippen molar-refractivity contribution in [1.82, 2.24) is 19.4 Å². The van der Waals surface area contributed by atoms with Crippen LogP contribution in [-0.2, 0) is 6.42 Å². The van der Waals surface area contributed by atoms with Crippen LogP contribution in [-0.4, -0.2) is 19.4 Å². The van der Waals surface area contributed by atoms with Crippen molar-refractivity contribution in [2.45, 2.75) is 6.42 Å². The first-order valence-electron chi connectivity index (χ1n) is 9.43. The van der Waals surface area contributed by atoms with Gasteiger partial charge < -0.3 is 0 Å². The summed E-state index contributed by atoms with van der Waals surface area (Å²) in [5, 5.41) is 3.31. The van der Waals surface area contributed by atoms with Crippen LogP contribution in [0.15, 0.2) is 73.2 Å². The van der Waals surface area contributed by atoms with Gasteiger partial charge in [-0.2, -0.15) is 0 Å². The second kappa shape index (κ2) is 4.93. The highest BCUT2D eigenvalue weighted by atomic mass is 15.1. The van der Waals surface area contributed by atoms with Crippen LogP contribution in [0.1, 0.15) is 11.1 Å². The SMILES string of the molecule is c1ccc2c(c1)Cc1ccc3c(nc4c5cnccc5c5cccnc5n34)c1-2. The Hall–Kier alpha value is -3.79. The van der Waals surface area contributed by atoms with Gasteiger partial charge in [-0.15, -0.1) is 0 Å². The number of nitrogens with zero attached hydrogens (tertiary/aromatic N) is 4. The maximum atomic E-state index is 5.15. The van der Waals surface area contributed by atoms with Crippen LogP contribution in [0.5, 0.6) is 0 Å². The van der Waals surface area contributed by atoms with Crippen LogP contribution >= 0.6 is 0 Å². The molecule has 28 heavy (non-hydrogen) atoms. The predicted molar refractivity (Wildman–Crippen MR) is 112 cm³/mol. The summed E-state index contributed by atoms with van der Waals surface area (Å²) in [6, 6.07) is 19.2. The van der Waals surface area contributed by atoms with Crippen molar-refractivity contribution in [2.24, 2.45) is 0 Å². The van der Waals surface area contributed by atoms with E-state index in [9.17, 15) is 0 Å². The van der Waals surface area contributed by atoms with E-state index >= 15 is 0 Å². The van der Waals surface area contributed by atoms with Crippen LogP contribution < -0.4 is 0 Å². The van der Waals surface area contributed by atoms with Gasteiger partial charge >= 0.3 is 0 Å². The summed E-state index contributed by atoms with van der Waals surface area (Å²) >= 11 is 0. The summed E-state index contributed by atoms with van der Waals surface area (Å²) in [5.41, 5.74) is 9.27. The lowest BCUT2D eigenvalue weighted by Gasteiger charge is -2.07. The molecule has 0 amide bonds. The van der Waals surface area contributed by atoms with Crippen LogP contribution in [0.2, 0.25) is 0 Å². The summed E-state index contributed by atoms with van der Waals surface area (Å²) in [5.74, 6) is 0. The summed E-state index contributed by atoms with van der Waals surface area (Å²) in [7, 11) is 0. The molecule has 0 N–H and O–H groups in total. The molecule has 0 spiro atoms. The number of fused-ring (bicyclic) bond motifs is 12. The van der Waals surface area contributed by atoms with Gasteiger partial charge in [0.25, 0.3) is 0 Å². The monoisotopic (exact) mass is 358 g/mol. The van der Waals surface area contributed by atoms with E-state index in [1.54, 1.807) is 0 Å². The molecule has 0 bridgehead atoms. The average molecular weight is 358 g/mol. The zero-order valence-electron chi connectivity index (χ0n) is 14.9. The van der Waals surface area contributed by atoms with Crippen molar-refractivity contribution >= 4 is 38.5 Å². The fraction of sp³-hybridized carbons (Fsp3) is 0.0417. The Balaban J connectivity index is 1.77. The Morgan fingerprint density at radius 3 is 2.71 bits per heavy atom. The lowest BCUT2D eigenvalue weighted by molar-refractivity contribution is 1.23. The highest BCUT2D eigenvalue weighted by molar-refractivity contribution is 6.13. The molecular weight excluding hydrogens is 344 g/mol. The van der Waals surface area contributed by atoms with Crippen molar-refractivity contribution in [2.75, 3.05) is 0 Å². The number of imidazole rings is 1. The first-order chi connectivity index (χ1) is 13.9. The normalized spacial score (nSPS) is 12.9. The summed E-state index contributed by atoms with van der Waals surface area (Å²) in [6.45, 7) is 0. The number of rotatable bonds is 0. The largest absolute Gasteiger partial charge is 0.276 e. The van der Waals surface area contributed by atoms with E-state index in [1.807, 2.05) is 24.7 Å². The van der Waals surface area contributed by atoms with Gasteiger partial charge in [0.05, 0.1) is 11.0 Å². The number of benzene rings is 2. The van der Waals surface area contributed by atoms with E-state index in [0.29, 0.717) is 0 Å². The van der Waals surface area contributed by atoms with Gasteiger partial charge in [0, 0.05) is 34.9 Å². The molecule has 4 heteroatoms. The molecule has 0 fully saturated rings. The molecule has 130 valence electrons. The van der Waals surface area contributed by atoms with E-state index in [0.717, 1.165) is 44.9 Å². The molecular formula is C24H14N4. The quantitative estimate of drug-likeness (QED) is 0.352. The molecule has 7 rings (SSSR count). The smallest absolute Gasteiger partial charge is 0.149 e. The van der Waals surface area contributed by atoms with Crippen molar-refractivity contribution in [3.63, 3.8) is 0 Å². The molecule has 4 aromatic heterocycles. The highest BCUT2D eigenvalue weighted by Gasteiger charge is 2.24. The van der Waals surface area contributed by atoms with Gasteiger partial charge in [0.1, 0.15) is 11.3 Å². The van der Waals surface area contributed by atoms with Crippen LogP contribution in [0.4, 0.5) is 0 Å². The van der Waals surface area contributed by atoms with Gasteiger partial charge in [0.15, 0.2) is 0 Å². The molecule has 4 nitrogen and oxygen atoms in total. The maximum absolute atomic E-state index is 5.15. The van der Waals surface area contributed by atoms with Gasteiger partial charge in [0.2, 0.25) is 0 Å². The lowest BCUT2D eigenvalue weighted by atomic mass is 10.0. The second-order valence-electron chi connectivity index (χ2n) is 7.37. The Labute approximate surface area is 160 Å². The molecule has 0 radical (unpaired) electrons. The van der Waals surface area contributed by atoms with Crippen molar-refractivity contribution in [3.8, 4) is 11.1 Å². The molecule has 0 aliphatic heterocycles. The van der Waals surface area contributed by atoms with Crippen molar-refractivity contribution in [1.29, 1.82) is 0 Å². The first-order valence-corrected chi connectivity index (χ1v) is 9.43. The topological polar surface area (TPSA) is 43.1 Å². The van der Waals surface area contributed by atoms with Gasteiger partial charge in [-0.3, -0.25) is 9.38 Å². The first kappa shape index (κ1) is 14.3. The Morgan fingerprint density at radius 1 is 0.750 bits per heavy atom. The third-order valence-corrected chi connectivity index (χ3v) is 5.93. The Morgan fingerprint density at radius 2 is 1.71 bits per heavy atom. The van der Waals surface area contributed by atoms with Crippen LogP contribution in [0.3, 0.4) is 0 Å². The predicted octanol–water partition coefficient (Wildman–Crippen LogP) is 5.16. The molecule has 0 unspecified atom stereocenters. The average Bonchev–Trinajstić information content (AvgIpc) is 3.32. The van der Waals surface area contributed by atoms with E-state index in [2.05, 4.69) is 57.9 Å². The molecule has 0 saturated heterocycles. The lowest BCUT2D eigenvalue weighted by Crippen LogP contribution is -1.94. The number of hydrogen-bond acceptors (Lipinski definition) is 3. The van der Waals surface area contributed by atoms with Gasteiger partial charge in [-0.25, -0.2) is 9.97 Å². The standard InChI is InChI=1S/C24H14N4/c1-2-5-16-14(4-1)12-15-7-8-20-22(21(15)16)27-24-19-13-25-11-9-17(19)18-6-3-10-26-23(18)28(20)24/h1-11,13H,12H2. The molecule has 0 saturated carbocycles. The summed E-state index contributed by atoms with van der Waals surface area (Å²) < 4.78 is 2.19. The minimum Gasteiger partial charge on any atom is -0.276 e. The highest BCUT2D eigenvalue weighted by Crippen LogP contribution is 2.42. The number of pyridine rings is 3. The summed E-state index contributed by atoms with van der Waals surface area (Å²) in [4.78, 5) is 14.2. The minimum atomic E-state index is 0.919. The Kier molecular flexibility index (Phi) is 2.51. The second-order valence-corrected chi connectivity index (χ2v) is 7.37. The number of hydrogen-bond donors (Lipinski definition) is 0. The molecule has 1 aliphatic carbocycles. The maximum Gasteiger partial charge on any atom is 0.149 e. The van der Waals surface area contributed by atoms with Crippen LogP contribution in [0, 0.1) is 0 Å². The van der Waals surface area contributed by atoms with Crippen molar-refractivity contribution < 1.29 is 0 Å². The van der Waals surface area contributed by atoms with Crippen molar-refractivity contribution in [3.05, 3.63) is 84.3 Å². The van der Waals surface area contributed by atoms with Gasteiger partial charge in [-0.1, -0.05) is 30.3 Å². The molecule has 4 heterocycles. The fourth-order valence-corrected chi connectivity index (χ4v) is 4.74. The van der Waals surface area contributed by atoms with E-state index in [1.165, 1.54) is 22.3 Å². The number of aromatic nitrogens is 4. The molecule has 1 aliphatic rings. The Bertz CT molecular complexity index is 1590. The summed E-state index contributed by atoms with van der Waals surface area (Å²) in [6.07, 6.45) is 6.57. The third kappa shape index (κ3) is 1.63. The molecule has 2 aromatic carbocycles. The zero-order chi connectivity index (χ0) is 18.2. The minimum absolute atomic E-state index is 0.919. The van der Waals surface area contributed by atoms with Crippen LogP contribution in [0.25, 0.3) is 49.6 Å². The van der Waals surface area contributed by atoms with E-state index in [4.69, 9.17) is 9.97 Å².